The first-order chi connectivity index (χ1) is 17.8. The van der Waals surface area contributed by atoms with Crippen molar-refractivity contribution < 1.29 is 18.7 Å². The lowest BCUT2D eigenvalue weighted by molar-refractivity contribution is 0.0714. The average Bonchev–Trinajstić information content (AvgIpc) is 3.15. The third kappa shape index (κ3) is 4.46. The largest absolute Gasteiger partial charge is 0.490 e. The third-order valence-corrected chi connectivity index (χ3v) is 7.01. The average molecular weight is 518 g/mol. The summed E-state index contributed by atoms with van der Waals surface area (Å²) in [5.74, 6) is 0.889. The highest BCUT2D eigenvalue weighted by Gasteiger charge is 2.43. The summed E-state index contributed by atoms with van der Waals surface area (Å²) in [5, 5.41) is 0.817. The van der Waals surface area contributed by atoms with Gasteiger partial charge in [0.05, 0.1) is 30.2 Å². The Morgan fingerprint density at radius 3 is 2.32 bits per heavy atom. The summed E-state index contributed by atoms with van der Waals surface area (Å²) in [5.41, 5.74) is 3.95. The molecule has 1 amide bonds. The number of ether oxygens (including phenoxy) is 2. The number of halogens is 1. The molecule has 3 aromatic carbocycles. The molecule has 0 fully saturated rings. The molecule has 190 valence electrons. The molecule has 0 radical (unpaired) electrons. The van der Waals surface area contributed by atoms with Gasteiger partial charge in [-0.1, -0.05) is 47.5 Å². The number of amides is 1. The molecule has 1 aliphatic heterocycles. The van der Waals surface area contributed by atoms with E-state index >= 15 is 0 Å². The van der Waals surface area contributed by atoms with Crippen LogP contribution in [0.1, 0.15) is 58.3 Å². The first-order valence-electron chi connectivity index (χ1n) is 12.3. The Morgan fingerprint density at radius 2 is 1.62 bits per heavy atom. The Balaban J connectivity index is 1.72. The molecular weight excluding hydrogens is 490 g/mol. The van der Waals surface area contributed by atoms with Crippen molar-refractivity contribution in [3.63, 3.8) is 0 Å². The minimum absolute atomic E-state index is 0.0585. The van der Waals surface area contributed by atoms with Crippen LogP contribution >= 0.6 is 11.6 Å². The monoisotopic (exact) mass is 517 g/mol. The molecule has 0 aliphatic carbocycles. The molecule has 0 N–H and O–H groups in total. The van der Waals surface area contributed by atoms with Gasteiger partial charge in [-0.2, -0.15) is 0 Å². The topological polar surface area (TPSA) is 69.0 Å². The van der Waals surface area contributed by atoms with Gasteiger partial charge in [0, 0.05) is 11.6 Å². The van der Waals surface area contributed by atoms with Crippen LogP contribution < -0.4 is 14.9 Å². The summed E-state index contributed by atoms with van der Waals surface area (Å²) in [6, 6.07) is 16.2. The van der Waals surface area contributed by atoms with Crippen LogP contribution in [0.15, 0.2) is 63.8 Å². The van der Waals surface area contributed by atoms with Gasteiger partial charge in [-0.25, -0.2) is 0 Å². The second-order valence-corrected chi connectivity index (χ2v) is 9.57. The Bertz CT molecular complexity index is 1560. The molecule has 1 unspecified atom stereocenters. The van der Waals surface area contributed by atoms with E-state index in [1.807, 2.05) is 70.2 Å². The highest BCUT2D eigenvalue weighted by Crippen LogP contribution is 2.42. The third-order valence-electron chi connectivity index (χ3n) is 6.60. The molecule has 2 heterocycles. The molecule has 7 heteroatoms. The number of carbonyl (C=O) groups excluding carboxylic acids is 1. The van der Waals surface area contributed by atoms with E-state index in [9.17, 15) is 9.59 Å². The zero-order valence-corrected chi connectivity index (χ0v) is 22.0. The Labute approximate surface area is 220 Å². The van der Waals surface area contributed by atoms with E-state index in [1.165, 1.54) is 0 Å². The van der Waals surface area contributed by atoms with E-state index in [2.05, 4.69) is 0 Å². The predicted octanol–water partition coefficient (Wildman–Crippen LogP) is 6.61. The fourth-order valence-corrected chi connectivity index (χ4v) is 4.94. The van der Waals surface area contributed by atoms with Crippen molar-refractivity contribution in [3.05, 3.63) is 103 Å². The zero-order valence-electron chi connectivity index (χ0n) is 21.3. The van der Waals surface area contributed by atoms with Gasteiger partial charge in [-0.05, 0) is 68.7 Å². The molecule has 0 saturated carbocycles. The van der Waals surface area contributed by atoms with Crippen LogP contribution in [0.4, 0.5) is 0 Å². The molecule has 4 aromatic rings. The first kappa shape index (κ1) is 24.9. The van der Waals surface area contributed by atoms with Crippen LogP contribution in [0, 0.1) is 13.8 Å². The van der Waals surface area contributed by atoms with Crippen LogP contribution in [-0.4, -0.2) is 24.0 Å². The molecule has 0 spiro atoms. The first-order valence-corrected chi connectivity index (χ1v) is 12.7. The molecule has 1 atom stereocenters. The van der Waals surface area contributed by atoms with Crippen molar-refractivity contribution in [2.24, 2.45) is 0 Å². The van der Waals surface area contributed by atoms with E-state index < -0.39 is 6.04 Å². The number of fused-ring (bicyclic) bond motifs is 2. The highest BCUT2D eigenvalue weighted by atomic mass is 35.5. The Kier molecular flexibility index (Phi) is 6.69. The summed E-state index contributed by atoms with van der Waals surface area (Å²) >= 11 is 6.36. The lowest BCUT2D eigenvalue weighted by Crippen LogP contribution is -2.29. The highest BCUT2D eigenvalue weighted by molar-refractivity contribution is 6.32. The summed E-state index contributed by atoms with van der Waals surface area (Å²) in [4.78, 5) is 29.4. The minimum Gasteiger partial charge on any atom is -0.490 e. The predicted molar refractivity (Wildman–Crippen MR) is 144 cm³/mol. The molecule has 1 aliphatic rings. The lowest BCUT2D eigenvalue weighted by Gasteiger charge is -2.26. The standard InChI is InChI=1S/C30H28ClNO5/c1-5-35-23-12-11-20(14-25(23)36-6-2)27-26-28(33)21-15-22(31)18(4)13-24(21)37-29(26)30(34)32(27)16-19-9-7-17(3)8-10-19/h7-15,27H,5-6,16H2,1-4H3. The van der Waals surface area contributed by atoms with Crippen molar-refractivity contribution in [1.82, 2.24) is 4.90 Å². The number of hydrogen-bond acceptors (Lipinski definition) is 5. The summed E-state index contributed by atoms with van der Waals surface area (Å²) < 4.78 is 17.7. The van der Waals surface area contributed by atoms with E-state index in [0.717, 1.165) is 22.3 Å². The van der Waals surface area contributed by atoms with Crippen molar-refractivity contribution >= 4 is 28.5 Å². The molecule has 0 saturated heterocycles. The van der Waals surface area contributed by atoms with Gasteiger partial charge in [-0.3, -0.25) is 9.59 Å². The fourth-order valence-electron chi connectivity index (χ4n) is 4.78. The number of aryl methyl sites for hydroxylation is 2. The van der Waals surface area contributed by atoms with Crippen LogP contribution in [0.2, 0.25) is 5.02 Å². The van der Waals surface area contributed by atoms with Gasteiger partial charge in [0.1, 0.15) is 5.58 Å². The molecule has 0 bridgehead atoms. The number of hydrogen-bond donors (Lipinski definition) is 0. The van der Waals surface area contributed by atoms with E-state index in [4.69, 9.17) is 25.5 Å². The van der Waals surface area contributed by atoms with Gasteiger partial charge in [0.2, 0.25) is 5.76 Å². The second-order valence-electron chi connectivity index (χ2n) is 9.16. The summed E-state index contributed by atoms with van der Waals surface area (Å²) in [6.45, 7) is 8.88. The van der Waals surface area contributed by atoms with E-state index in [-0.39, 0.29) is 17.1 Å². The second kappa shape index (κ2) is 9.94. The van der Waals surface area contributed by atoms with E-state index in [1.54, 1.807) is 17.0 Å². The van der Waals surface area contributed by atoms with Crippen LogP contribution in [0.3, 0.4) is 0 Å². The number of benzene rings is 3. The fraction of sp³-hybridized carbons (Fsp3) is 0.267. The van der Waals surface area contributed by atoms with Gasteiger partial charge in [0.15, 0.2) is 16.9 Å². The summed E-state index contributed by atoms with van der Waals surface area (Å²) in [6.07, 6.45) is 0. The maximum atomic E-state index is 13.9. The van der Waals surface area contributed by atoms with Crippen molar-refractivity contribution in [1.29, 1.82) is 0 Å². The van der Waals surface area contributed by atoms with Gasteiger partial charge < -0.3 is 18.8 Å². The maximum absolute atomic E-state index is 13.9. The Morgan fingerprint density at radius 1 is 0.919 bits per heavy atom. The molecular formula is C30H28ClNO5. The summed E-state index contributed by atoms with van der Waals surface area (Å²) in [7, 11) is 0. The number of rotatable bonds is 7. The smallest absolute Gasteiger partial charge is 0.291 e. The normalized spacial score (nSPS) is 14.8. The molecule has 37 heavy (non-hydrogen) atoms. The number of carbonyl (C=O) groups is 1. The number of nitrogens with zero attached hydrogens (tertiary/aromatic N) is 1. The van der Waals surface area contributed by atoms with Crippen LogP contribution in [0.25, 0.3) is 11.0 Å². The molecule has 1 aromatic heterocycles. The van der Waals surface area contributed by atoms with Gasteiger partial charge >= 0.3 is 0 Å². The van der Waals surface area contributed by atoms with Crippen LogP contribution in [-0.2, 0) is 6.54 Å². The maximum Gasteiger partial charge on any atom is 0.291 e. The molecule has 5 rings (SSSR count). The van der Waals surface area contributed by atoms with Crippen LogP contribution in [0.5, 0.6) is 11.5 Å². The minimum atomic E-state index is -0.667. The van der Waals surface area contributed by atoms with Crippen molar-refractivity contribution in [2.45, 2.75) is 40.3 Å². The van der Waals surface area contributed by atoms with Gasteiger partial charge in [0.25, 0.3) is 5.91 Å². The SMILES string of the molecule is CCOc1ccc(C2c3c(oc4cc(C)c(Cl)cc4c3=O)C(=O)N2Cc2ccc(C)cc2)cc1OCC. The zero-order chi connectivity index (χ0) is 26.3. The van der Waals surface area contributed by atoms with E-state index in [0.29, 0.717) is 52.8 Å². The lowest BCUT2D eigenvalue weighted by atomic mass is 9.97. The van der Waals surface area contributed by atoms with Gasteiger partial charge in [-0.15, -0.1) is 0 Å². The Hall–Kier alpha value is -3.77. The van der Waals surface area contributed by atoms with Crippen molar-refractivity contribution in [3.8, 4) is 11.5 Å². The van der Waals surface area contributed by atoms with Crippen molar-refractivity contribution in [2.75, 3.05) is 13.2 Å². The quantitative estimate of drug-likeness (QED) is 0.276. The molecule has 6 nitrogen and oxygen atoms in total.